The van der Waals surface area contributed by atoms with Crippen LogP contribution in [-0.4, -0.2) is 53.6 Å². The van der Waals surface area contributed by atoms with E-state index in [4.69, 9.17) is 4.74 Å². The van der Waals surface area contributed by atoms with Crippen LogP contribution in [0.3, 0.4) is 0 Å². The molecule has 2 aromatic rings. The molecule has 3 rings (SSSR count). The Hall–Kier alpha value is -1.92. The molecule has 0 unspecified atom stereocenters. The monoisotopic (exact) mass is 398 g/mol. The van der Waals surface area contributed by atoms with Gasteiger partial charge in [-0.15, -0.1) is 0 Å². The number of ether oxygens (including phenoxy) is 1. The molecule has 0 bridgehead atoms. The van der Waals surface area contributed by atoms with Crippen LogP contribution in [0.4, 0.5) is 0 Å². The summed E-state index contributed by atoms with van der Waals surface area (Å²) < 4.78 is 5.76. The summed E-state index contributed by atoms with van der Waals surface area (Å²) >= 11 is 0. The fraction of sp³-hybridized carbons (Fsp3) is 0.500. The number of aliphatic hydroxyl groups excluding tert-OH is 2. The van der Waals surface area contributed by atoms with Crippen LogP contribution >= 0.6 is 0 Å². The van der Waals surface area contributed by atoms with Gasteiger partial charge in [0.1, 0.15) is 18.5 Å². The summed E-state index contributed by atoms with van der Waals surface area (Å²) in [5.74, 6) is 0.777. The molecule has 0 aliphatic heterocycles. The molecule has 0 radical (unpaired) electrons. The molecule has 0 aromatic heterocycles. The van der Waals surface area contributed by atoms with Crippen LogP contribution < -0.4 is 10.1 Å². The third-order valence-electron chi connectivity index (χ3n) is 5.48. The molecule has 2 aromatic carbocycles. The third kappa shape index (κ3) is 7.78. The average Bonchev–Trinajstić information content (AvgIpc) is 2.73. The average molecular weight is 399 g/mol. The molecule has 0 amide bonds. The Bertz CT molecular complexity index is 700. The molecule has 0 heterocycles. The van der Waals surface area contributed by atoms with Gasteiger partial charge in [-0.25, -0.2) is 0 Å². The van der Waals surface area contributed by atoms with Crippen molar-refractivity contribution >= 4 is 0 Å². The molecule has 158 valence electrons. The second-order valence-electron chi connectivity index (χ2n) is 8.18. The number of aliphatic hydroxyl groups is 2. The lowest BCUT2D eigenvalue weighted by atomic mass is 9.93. The van der Waals surface area contributed by atoms with Crippen LogP contribution in [0, 0.1) is 0 Å². The van der Waals surface area contributed by atoms with Crippen molar-refractivity contribution in [2.45, 2.75) is 57.0 Å². The number of hydrogen-bond donors (Lipinski definition) is 3. The molecule has 0 saturated heterocycles. The molecule has 1 saturated carbocycles. The van der Waals surface area contributed by atoms with E-state index in [-0.39, 0.29) is 12.7 Å². The number of likely N-dealkylation sites (N-methyl/N-ethyl adjacent to an activating group) is 1. The molecule has 0 spiro atoms. The van der Waals surface area contributed by atoms with Crippen LogP contribution in [0.25, 0.3) is 0 Å². The maximum atomic E-state index is 10.3. The molecular formula is C24H34N2O3. The maximum Gasteiger partial charge on any atom is 0.119 e. The van der Waals surface area contributed by atoms with Gasteiger partial charge in [-0.1, -0.05) is 42.5 Å². The Labute approximate surface area is 174 Å². The zero-order valence-electron chi connectivity index (χ0n) is 17.3. The quantitative estimate of drug-likeness (QED) is 0.574. The Kier molecular flexibility index (Phi) is 8.50. The zero-order valence-corrected chi connectivity index (χ0v) is 17.3. The van der Waals surface area contributed by atoms with Crippen molar-refractivity contribution in [2.75, 3.05) is 20.2 Å². The minimum Gasteiger partial charge on any atom is -0.491 e. The summed E-state index contributed by atoms with van der Waals surface area (Å²) in [6.45, 7) is 2.47. The van der Waals surface area contributed by atoms with E-state index < -0.39 is 6.10 Å². The van der Waals surface area contributed by atoms with Gasteiger partial charge in [0, 0.05) is 25.7 Å². The number of nitrogens with one attached hydrogen (secondary N) is 1. The molecular weight excluding hydrogens is 364 g/mol. The van der Waals surface area contributed by atoms with E-state index in [1.54, 1.807) is 0 Å². The highest BCUT2D eigenvalue weighted by atomic mass is 16.5. The van der Waals surface area contributed by atoms with Gasteiger partial charge in [-0.05, 0) is 56.0 Å². The van der Waals surface area contributed by atoms with E-state index in [0.29, 0.717) is 12.6 Å². The standard InChI is InChI=1S/C24H34N2O3/c1-26(16-20-5-3-2-4-6-20)17-23(28)18-29-24-13-7-19(8-14-24)15-25-21-9-11-22(27)12-10-21/h2-8,13-14,21-23,25,27-28H,9-12,15-18H2,1H3/t21?,22?,23-/m1/s1. The molecule has 3 N–H and O–H groups in total. The fourth-order valence-electron chi connectivity index (χ4n) is 3.81. The molecule has 5 heteroatoms. The molecule has 1 atom stereocenters. The van der Waals surface area contributed by atoms with E-state index >= 15 is 0 Å². The molecule has 1 aliphatic rings. The van der Waals surface area contributed by atoms with E-state index in [1.807, 2.05) is 37.4 Å². The SMILES string of the molecule is CN(Cc1ccccc1)C[C@@H](O)COc1ccc(CNC2CCC(O)CC2)cc1. The van der Waals surface area contributed by atoms with Gasteiger partial charge in [0.05, 0.1) is 6.10 Å². The van der Waals surface area contributed by atoms with Crippen LogP contribution in [0.2, 0.25) is 0 Å². The van der Waals surface area contributed by atoms with Crippen molar-refractivity contribution in [3.8, 4) is 5.75 Å². The van der Waals surface area contributed by atoms with Gasteiger partial charge in [-0.2, -0.15) is 0 Å². The predicted molar refractivity (Wildman–Crippen MR) is 116 cm³/mol. The minimum atomic E-state index is -0.535. The number of rotatable bonds is 10. The number of benzene rings is 2. The minimum absolute atomic E-state index is 0.113. The fourth-order valence-corrected chi connectivity index (χ4v) is 3.81. The second kappa shape index (κ2) is 11.3. The van der Waals surface area contributed by atoms with Gasteiger partial charge in [0.15, 0.2) is 0 Å². The van der Waals surface area contributed by atoms with Crippen LogP contribution in [0.5, 0.6) is 5.75 Å². The summed E-state index contributed by atoms with van der Waals surface area (Å²) in [4.78, 5) is 2.10. The summed E-state index contributed by atoms with van der Waals surface area (Å²) in [5.41, 5.74) is 2.45. The number of hydrogen-bond acceptors (Lipinski definition) is 5. The normalized spacial score (nSPS) is 20.6. The van der Waals surface area contributed by atoms with E-state index in [1.165, 1.54) is 11.1 Å². The van der Waals surface area contributed by atoms with Gasteiger partial charge < -0.3 is 20.3 Å². The Balaban J connectivity index is 1.34. The van der Waals surface area contributed by atoms with Gasteiger partial charge in [0.25, 0.3) is 0 Å². The van der Waals surface area contributed by atoms with Crippen LogP contribution in [0.1, 0.15) is 36.8 Å². The van der Waals surface area contributed by atoms with Crippen molar-refractivity contribution in [1.29, 1.82) is 0 Å². The van der Waals surface area contributed by atoms with Crippen LogP contribution in [0.15, 0.2) is 54.6 Å². The van der Waals surface area contributed by atoms with Gasteiger partial charge in [0.2, 0.25) is 0 Å². The summed E-state index contributed by atoms with van der Waals surface area (Å²) in [5, 5.41) is 23.4. The second-order valence-corrected chi connectivity index (χ2v) is 8.18. The summed E-state index contributed by atoms with van der Waals surface area (Å²) in [7, 11) is 2.00. The molecule has 5 nitrogen and oxygen atoms in total. The smallest absolute Gasteiger partial charge is 0.119 e. The Morgan fingerprint density at radius 1 is 1.00 bits per heavy atom. The zero-order chi connectivity index (χ0) is 20.5. The lowest BCUT2D eigenvalue weighted by Gasteiger charge is -2.26. The van der Waals surface area contributed by atoms with Crippen molar-refractivity contribution in [3.05, 3.63) is 65.7 Å². The Morgan fingerprint density at radius 2 is 1.69 bits per heavy atom. The number of nitrogens with zero attached hydrogens (tertiary/aromatic N) is 1. The van der Waals surface area contributed by atoms with Crippen LogP contribution in [-0.2, 0) is 13.1 Å². The first-order chi connectivity index (χ1) is 14.1. The van der Waals surface area contributed by atoms with Gasteiger partial charge in [-0.3, -0.25) is 4.90 Å². The highest BCUT2D eigenvalue weighted by Crippen LogP contribution is 2.19. The predicted octanol–water partition coefficient (Wildman–Crippen LogP) is 2.95. The Morgan fingerprint density at radius 3 is 2.38 bits per heavy atom. The van der Waals surface area contributed by atoms with Crippen molar-refractivity contribution < 1.29 is 14.9 Å². The lowest BCUT2D eigenvalue weighted by Crippen LogP contribution is -2.34. The lowest BCUT2D eigenvalue weighted by molar-refractivity contribution is 0.0744. The van der Waals surface area contributed by atoms with E-state index in [2.05, 4.69) is 34.5 Å². The van der Waals surface area contributed by atoms with Crippen molar-refractivity contribution in [2.24, 2.45) is 0 Å². The molecule has 1 aliphatic carbocycles. The first-order valence-corrected chi connectivity index (χ1v) is 10.6. The van der Waals surface area contributed by atoms with Crippen molar-refractivity contribution in [1.82, 2.24) is 10.2 Å². The summed E-state index contributed by atoms with van der Waals surface area (Å²) in [6.07, 6.45) is 3.23. The molecule has 1 fully saturated rings. The van der Waals surface area contributed by atoms with E-state index in [9.17, 15) is 10.2 Å². The first-order valence-electron chi connectivity index (χ1n) is 10.6. The largest absolute Gasteiger partial charge is 0.491 e. The van der Waals surface area contributed by atoms with E-state index in [0.717, 1.165) is 44.5 Å². The van der Waals surface area contributed by atoms with Crippen molar-refractivity contribution in [3.63, 3.8) is 0 Å². The molecule has 29 heavy (non-hydrogen) atoms. The maximum absolute atomic E-state index is 10.3. The topological polar surface area (TPSA) is 65.0 Å². The highest BCUT2D eigenvalue weighted by Gasteiger charge is 2.18. The van der Waals surface area contributed by atoms with Gasteiger partial charge >= 0.3 is 0 Å². The third-order valence-corrected chi connectivity index (χ3v) is 5.48. The first kappa shape index (κ1) is 21.8. The summed E-state index contributed by atoms with van der Waals surface area (Å²) in [6, 6.07) is 18.8. The highest BCUT2D eigenvalue weighted by molar-refractivity contribution is 5.27.